The van der Waals surface area contributed by atoms with Gasteiger partial charge in [-0.1, -0.05) is 19.9 Å². The van der Waals surface area contributed by atoms with Crippen molar-refractivity contribution in [3.8, 4) is 11.5 Å². The third-order valence-corrected chi connectivity index (χ3v) is 4.50. The number of nitrogens with zero attached hydrogens (tertiary/aromatic N) is 1. The summed E-state index contributed by atoms with van der Waals surface area (Å²) in [6.07, 6.45) is 3.41. The van der Waals surface area contributed by atoms with Gasteiger partial charge in [-0.3, -0.25) is 9.59 Å². The minimum absolute atomic E-state index is 0.0422. The van der Waals surface area contributed by atoms with Gasteiger partial charge in [-0.25, -0.2) is 0 Å². The smallest absolute Gasteiger partial charge is 0.251 e. The molecular formula is C21H27BrN2O4. The minimum atomic E-state index is -0.241. The van der Waals surface area contributed by atoms with E-state index in [0.29, 0.717) is 24.7 Å². The Labute approximate surface area is 174 Å². The predicted molar refractivity (Wildman–Crippen MR) is 113 cm³/mol. The van der Waals surface area contributed by atoms with Crippen LogP contribution >= 0.6 is 15.9 Å². The summed E-state index contributed by atoms with van der Waals surface area (Å²) in [5.41, 5.74) is 0.684. The summed E-state index contributed by atoms with van der Waals surface area (Å²) in [6.45, 7) is 7.17. The van der Waals surface area contributed by atoms with Gasteiger partial charge in [0.1, 0.15) is 6.54 Å². The van der Waals surface area contributed by atoms with Gasteiger partial charge in [0.2, 0.25) is 5.91 Å². The van der Waals surface area contributed by atoms with Crippen molar-refractivity contribution in [1.82, 2.24) is 9.88 Å². The first-order valence-corrected chi connectivity index (χ1v) is 10.3. The van der Waals surface area contributed by atoms with Crippen molar-refractivity contribution in [3.63, 3.8) is 0 Å². The number of hydrogen-bond acceptors (Lipinski definition) is 4. The molecule has 0 aliphatic heterocycles. The average molecular weight is 451 g/mol. The lowest BCUT2D eigenvalue weighted by molar-refractivity contribution is -0.122. The van der Waals surface area contributed by atoms with E-state index >= 15 is 0 Å². The molecule has 1 unspecified atom stereocenters. The number of carbonyl (C=O) groups excluding carboxylic acids is 1. The highest BCUT2D eigenvalue weighted by Crippen LogP contribution is 2.31. The topological polar surface area (TPSA) is 69.6 Å². The molecule has 0 bridgehead atoms. The summed E-state index contributed by atoms with van der Waals surface area (Å²) in [5.74, 6) is 1.14. The van der Waals surface area contributed by atoms with Gasteiger partial charge in [-0.15, -0.1) is 0 Å². The molecule has 6 nitrogen and oxygen atoms in total. The largest absolute Gasteiger partial charge is 0.490 e. The van der Waals surface area contributed by atoms with Crippen LogP contribution in [0.15, 0.2) is 45.8 Å². The number of ether oxygens (including phenoxy) is 2. The Morgan fingerprint density at radius 1 is 1.11 bits per heavy atom. The molecule has 0 saturated heterocycles. The fraction of sp³-hybridized carbons (Fsp3) is 0.429. The molecule has 1 heterocycles. The zero-order valence-corrected chi connectivity index (χ0v) is 18.1. The normalized spacial score (nSPS) is 11.7. The maximum atomic E-state index is 12.4. The molecule has 0 aliphatic carbocycles. The van der Waals surface area contributed by atoms with Crippen LogP contribution in [0.5, 0.6) is 11.5 Å². The Balaban J connectivity index is 2.09. The van der Waals surface area contributed by atoms with Crippen molar-refractivity contribution in [3.05, 3.63) is 56.9 Å². The Hall–Kier alpha value is -2.28. The maximum Gasteiger partial charge on any atom is 0.251 e. The number of aromatic nitrogens is 1. The second-order valence-electron chi connectivity index (χ2n) is 6.51. The van der Waals surface area contributed by atoms with Crippen molar-refractivity contribution in [2.45, 2.75) is 46.2 Å². The van der Waals surface area contributed by atoms with Crippen LogP contribution in [0, 0.1) is 0 Å². The highest BCUT2D eigenvalue weighted by Gasteiger charge is 2.14. The highest BCUT2D eigenvalue weighted by atomic mass is 79.9. The molecule has 0 radical (unpaired) electrons. The zero-order valence-electron chi connectivity index (χ0n) is 16.5. The molecule has 1 N–H and O–H groups in total. The van der Waals surface area contributed by atoms with Crippen molar-refractivity contribution in [1.29, 1.82) is 0 Å². The van der Waals surface area contributed by atoms with Gasteiger partial charge in [0.25, 0.3) is 5.56 Å². The van der Waals surface area contributed by atoms with E-state index in [-0.39, 0.29) is 24.1 Å². The Bertz CT molecular complexity index is 851. The lowest BCUT2D eigenvalue weighted by atomic mass is 10.1. The first kappa shape index (κ1) is 22.0. The molecule has 28 heavy (non-hydrogen) atoms. The van der Waals surface area contributed by atoms with Crippen LogP contribution in [0.4, 0.5) is 0 Å². The number of benzene rings is 1. The molecule has 1 aromatic heterocycles. The number of nitrogens with one attached hydrogen (secondary N) is 1. The number of amides is 1. The molecule has 7 heteroatoms. The number of rotatable bonds is 10. The molecule has 1 atom stereocenters. The van der Waals surface area contributed by atoms with Gasteiger partial charge in [-0.2, -0.15) is 0 Å². The molecule has 1 amide bonds. The van der Waals surface area contributed by atoms with E-state index in [1.807, 2.05) is 32.0 Å². The molecule has 0 fully saturated rings. The maximum absolute atomic E-state index is 12.4. The van der Waals surface area contributed by atoms with Crippen LogP contribution in [0.3, 0.4) is 0 Å². The third-order valence-electron chi connectivity index (χ3n) is 4.03. The molecule has 2 aromatic rings. The quantitative estimate of drug-likeness (QED) is 0.592. The molecule has 2 rings (SSSR count). The highest BCUT2D eigenvalue weighted by molar-refractivity contribution is 9.10. The summed E-state index contributed by atoms with van der Waals surface area (Å²) in [5, 5.41) is 2.93. The lowest BCUT2D eigenvalue weighted by Gasteiger charge is -2.18. The van der Waals surface area contributed by atoms with Crippen LogP contribution in [0.1, 0.15) is 45.2 Å². The summed E-state index contributed by atoms with van der Waals surface area (Å²) in [4.78, 5) is 24.2. The summed E-state index contributed by atoms with van der Waals surface area (Å²) in [7, 11) is 0. The average Bonchev–Trinajstić information content (AvgIpc) is 2.67. The predicted octanol–water partition coefficient (Wildman–Crippen LogP) is 4.07. The molecule has 152 valence electrons. The van der Waals surface area contributed by atoms with E-state index in [1.54, 1.807) is 12.3 Å². The van der Waals surface area contributed by atoms with Crippen molar-refractivity contribution < 1.29 is 14.3 Å². The van der Waals surface area contributed by atoms with Gasteiger partial charge in [-0.05, 0) is 59.5 Å². The Morgan fingerprint density at radius 2 is 1.79 bits per heavy atom. The summed E-state index contributed by atoms with van der Waals surface area (Å²) >= 11 is 3.31. The van der Waals surface area contributed by atoms with Gasteiger partial charge in [0.05, 0.1) is 19.3 Å². The van der Waals surface area contributed by atoms with Crippen LogP contribution in [0.2, 0.25) is 0 Å². The Morgan fingerprint density at radius 3 is 2.46 bits per heavy atom. The first-order valence-electron chi connectivity index (χ1n) is 9.49. The van der Waals surface area contributed by atoms with E-state index < -0.39 is 0 Å². The molecular weight excluding hydrogens is 424 g/mol. The van der Waals surface area contributed by atoms with Crippen molar-refractivity contribution in [2.24, 2.45) is 0 Å². The first-order chi connectivity index (χ1) is 13.4. The van der Waals surface area contributed by atoms with E-state index in [4.69, 9.17) is 9.47 Å². The number of halogens is 1. The van der Waals surface area contributed by atoms with E-state index in [2.05, 4.69) is 28.2 Å². The third kappa shape index (κ3) is 6.41. The Kier molecular flexibility index (Phi) is 8.57. The van der Waals surface area contributed by atoms with Gasteiger partial charge < -0.3 is 19.4 Å². The van der Waals surface area contributed by atoms with Gasteiger partial charge >= 0.3 is 0 Å². The zero-order chi connectivity index (χ0) is 20.5. The molecule has 0 saturated carbocycles. The SMILES string of the molecule is CCCOc1ccc(C(C)NC(=O)Cn2cc(Br)ccc2=O)cc1OCCC. The van der Waals surface area contributed by atoms with E-state index in [1.165, 1.54) is 10.6 Å². The molecule has 0 aliphatic rings. The molecule has 0 spiro atoms. The van der Waals surface area contributed by atoms with Crippen molar-refractivity contribution >= 4 is 21.8 Å². The summed E-state index contributed by atoms with van der Waals surface area (Å²) in [6, 6.07) is 8.53. The van der Waals surface area contributed by atoms with E-state index in [9.17, 15) is 9.59 Å². The number of carbonyl (C=O) groups is 1. The lowest BCUT2D eigenvalue weighted by Crippen LogP contribution is -2.33. The number of pyridine rings is 1. The molecule has 1 aromatic carbocycles. The standard InChI is InChI=1S/C21H27BrN2O4/c1-4-10-27-18-8-6-16(12-19(18)28-11-5-2)15(3)23-20(25)14-24-13-17(22)7-9-21(24)26/h6-9,12-13,15H,4-5,10-11,14H2,1-3H3,(H,23,25). The van der Waals surface area contributed by atoms with Gasteiger partial charge in [0, 0.05) is 16.7 Å². The summed E-state index contributed by atoms with van der Waals surface area (Å²) < 4.78 is 13.7. The van der Waals surface area contributed by atoms with Crippen LogP contribution in [-0.2, 0) is 11.3 Å². The van der Waals surface area contributed by atoms with Gasteiger partial charge in [0.15, 0.2) is 11.5 Å². The van der Waals surface area contributed by atoms with E-state index in [0.717, 1.165) is 22.9 Å². The van der Waals surface area contributed by atoms with Crippen LogP contribution in [-0.4, -0.2) is 23.7 Å². The van der Waals surface area contributed by atoms with Crippen LogP contribution in [0.25, 0.3) is 0 Å². The second kappa shape index (κ2) is 10.9. The fourth-order valence-electron chi connectivity index (χ4n) is 2.60. The monoisotopic (exact) mass is 450 g/mol. The van der Waals surface area contributed by atoms with Crippen LogP contribution < -0.4 is 20.3 Å². The minimum Gasteiger partial charge on any atom is -0.490 e. The van der Waals surface area contributed by atoms with Crippen molar-refractivity contribution in [2.75, 3.05) is 13.2 Å². The fourth-order valence-corrected chi connectivity index (χ4v) is 2.98. The number of hydrogen-bond donors (Lipinski definition) is 1. The second-order valence-corrected chi connectivity index (χ2v) is 7.42.